The predicted octanol–water partition coefficient (Wildman–Crippen LogP) is 6.08. The quantitative estimate of drug-likeness (QED) is 0.353. The van der Waals surface area contributed by atoms with Crippen LogP contribution in [0.15, 0.2) is 54.6 Å². The minimum atomic E-state index is -4.47. The third kappa shape index (κ3) is 6.13. The van der Waals surface area contributed by atoms with E-state index in [1.54, 1.807) is 30.3 Å². The first-order valence-electron chi connectivity index (χ1n) is 11.6. The van der Waals surface area contributed by atoms with Crippen molar-refractivity contribution in [1.29, 1.82) is 0 Å². The van der Waals surface area contributed by atoms with Crippen molar-refractivity contribution >= 4 is 23.5 Å². The van der Waals surface area contributed by atoms with Crippen LogP contribution in [0.4, 0.5) is 13.2 Å². The molecular formula is C27H23ClF3NO6. The molecule has 1 aliphatic rings. The summed E-state index contributed by atoms with van der Waals surface area (Å²) >= 11 is 6.32. The van der Waals surface area contributed by atoms with Gasteiger partial charge in [-0.15, -0.1) is 0 Å². The molecule has 0 aliphatic carbocycles. The highest BCUT2D eigenvalue weighted by Gasteiger charge is 2.31. The van der Waals surface area contributed by atoms with E-state index in [-0.39, 0.29) is 42.0 Å². The first-order valence-corrected chi connectivity index (χ1v) is 11.9. The molecule has 0 spiro atoms. The Kier molecular flexibility index (Phi) is 8.01. The molecule has 1 atom stereocenters. The van der Waals surface area contributed by atoms with Crippen molar-refractivity contribution in [2.75, 3.05) is 20.3 Å². The van der Waals surface area contributed by atoms with Crippen molar-refractivity contribution in [3.8, 4) is 23.0 Å². The molecule has 200 valence electrons. The minimum Gasteiger partial charge on any atom is -0.496 e. The van der Waals surface area contributed by atoms with Gasteiger partial charge in [-0.3, -0.25) is 9.59 Å². The van der Waals surface area contributed by atoms with Crippen LogP contribution in [-0.2, 0) is 17.4 Å². The lowest BCUT2D eigenvalue weighted by Gasteiger charge is -2.24. The van der Waals surface area contributed by atoms with Gasteiger partial charge in [0.15, 0.2) is 0 Å². The number of carbonyl (C=O) groups is 2. The van der Waals surface area contributed by atoms with Crippen LogP contribution in [0.2, 0.25) is 5.02 Å². The van der Waals surface area contributed by atoms with E-state index < -0.39 is 23.6 Å². The van der Waals surface area contributed by atoms with Crippen LogP contribution < -0.4 is 19.5 Å². The molecule has 0 unspecified atom stereocenters. The second kappa shape index (κ2) is 11.2. The number of aliphatic carboxylic acids is 1. The highest BCUT2D eigenvalue weighted by Crippen LogP contribution is 2.42. The smallest absolute Gasteiger partial charge is 0.416 e. The summed E-state index contributed by atoms with van der Waals surface area (Å²) in [6, 6.07) is 12.6. The number of methoxy groups -OCH3 is 1. The molecular weight excluding hydrogens is 527 g/mol. The van der Waals surface area contributed by atoms with E-state index in [0.29, 0.717) is 34.6 Å². The van der Waals surface area contributed by atoms with E-state index in [2.05, 4.69) is 5.32 Å². The Bertz CT molecular complexity index is 1340. The number of ether oxygens (including phenoxy) is 3. The van der Waals surface area contributed by atoms with Gasteiger partial charge in [-0.2, -0.15) is 13.2 Å². The maximum absolute atomic E-state index is 12.9. The fourth-order valence-corrected chi connectivity index (χ4v) is 4.28. The molecule has 3 aromatic carbocycles. The average molecular weight is 550 g/mol. The first kappa shape index (κ1) is 27.1. The molecule has 3 aromatic rings. The number of carbonyl (C=O) groups excluding carboxylic acids is 1. The molecule has 1 aliphatic heterocycles. The summed E-state index contributed by atoms with van der Waals surface area (Å²) in [6.45, 7) is 0.446. The normalized spacial score (nSPS) is 14.7. The largest absolute Gasteiger partial charge is 0.496 e. The van der Waals surface area contributed by atoms with E-state index in [1.807, 2.05) is 0 Å². The van der Waals surface area contributed by atoms with Gasteiger partial charge in [-0.05, 0) is 60.9 Å². The lowest BCUT2D eigenvalue weighted by molar-refractivity contribution is -0.139. The van der Waals surface area contributed by atoms with Crippen LogP contribution >= 0.6 is 11.6 Å². The molecule has 0 saturated heterocycles. The number of carboxylic acid groups (broad SMARTS) is 1. The summed E-state index contributed by atoms with van der Waals surface area (Å²) in [5.41, 5.74) is 0.561. The second-order valence-electron chi connectivity index (χ2n) is 8.51. The molecule has 11 heteroatoms. The lowest BCUT2D eigenvalue weighted by atomic mass is 9.93. The van der Waals surface area contributed by atoms with Crippen LogP contribution in [-0.4, -0.2) is 37.2 Å². The molecule has 2 N–H and O–H groups in total. The number of fused-ring (bicyclic) bond motifs is 1. The third-order valence-electron chi connectivity index (χ3n) is 6.04. The average Bonchev–Trinajstić information content (AvgIpc) is 2.88. The zero-order valence-corrected chi connectivity index (χ0v) is 20.9. The lowest BCUT2D eigenvalue weighted by Crippen LogP contribution is -2.25. The Morgan fingerprint density at radius 3 is 2.50 bits per heavy atom. The number of benzene rings is 3. The summed E-state index contributed by atoms with van der Waals surface area (Å²) < 4.78 is 55.2. The van der Waals surface area contributed by atoms with Gasteiger partial charge in [0.05, 0.1) is 30.2 Å². The van der Waals surface area contributed by atoms with E-state index in [4.69, 9.17) is 25.8 Å². The molecule has 7 nitrogen and oxygen atoms in total. The number of hydrogen-bond acceptors (Lipinski definition) is 5. The maximum Gasteiger partial charge on any atom is 0.416 e. The van der Waals surface area contributed by atoms with Gasteiger partial charge in [0.2, 0.25) is 0 Å². The van der Waals surface area contributed by atoms with Crippen LogP contribution in [0, 0.1) is 0 Å². The number of amides is 1. The summed E-state index contributed by atoms with van der Waals surface area (Å²) in [4.78, 5) is 24.0. The number of rotatable bonds is 8. The molecule has 38 heavy (non-hydrogen) atoms. The first-order chi connectivity index (χ1) is 18.1. The molecule has 1 heterocycles. The van der Waals surface area contributed by atoms with E-state index in [0.717, 1.165) is 12.1 Å². The predicted molar refractivity (Wildman–Crippen MR) is 132 cm³/mol. The number of hydrogen-bond donors (Lipinski definition) is 2. The monoisotopic (exact) mass is 549 g/mol. The molecule has 0 fully saturated rings. The van der Waals surface area contributed by atoms with Crippen molar-refractivity contribution in [2.45, 2.75) is 24.9 Å². The van der Waals surface area contributed by atoms with E-state index in [1.165, 1.54) is 19.2 Å². The Balaban J connectivity index is 1.37. The number of halogens is 4. The van der Waals surface area contributed by atoms with E-state index in [9.17, 15) is 27.9 Å². The Morgan fingerprint density at radius 2 is 1.84 bits per heavy atom. The van der Waals surface area contributed by atoms with E-state index >= 15 is 0 Å². The second-order valence-corrected chi connectivity index (χ2v) is 8.91. The standard InChI is InChI=1S/C27H23ClF3NO6/c1-36-22-12-17(27(29,30)31)5-2-15(22)8-10-32-25(33)16-3-6-18(7-4-16)38-24-14-23-20(13-21(24)28)19(26(34)35)9-11-37-23/h2-7,12-14,19H,8-11H2,1H3,(H,32,33)(H,34,35)/t19-/m1/s1. The molecule has 0 bridgehead atoms. The molecule has 4 rings (SSSR count). The molecule has 0 saturated carbocycles. The zero-order valence-electron chi connectivity index (χ0n) is 20.1. The van der Waals surface area contributed by atoms with Gasteiger partial charge in [0.25, 0.3) is 5.91 Å². The van der Waals surface area contributed by atoms with Crippen LogP contribution in [0.3, 0.4) is 0 Å². The Hall–Kier alpha value is -3.92. The molecule has 0 aromatic heterocycles. The van der Waals surface area contributed by atoms with Crippen molar-refractivity contribution in [3.05, 3.63) is 81.9 Å². The van der Waals surface area contributed by atoms with Crippen LogP contribution in [0.5, 0.6) is 23.0 Å². The van der Waals surface area contributed by atoms with Gasteiger partial charge in [0, 0.05) is 23.7 Å². The molecule has 1 amide bonds. The highest BCUT2D eigenvalue weighted by molar-refractivity contribution is 6.32. The van der Waals surface area contributed by atoms with Crippen molar-refractivity contribution < 1.29 is 42.1 Å². The van der Waals surface area contributed by atoms with Gasteiger partial charge in [0.1, 0.15) is 23.0 Å². The van der Waals surface area contributed by atoms with Crippen LogP contribution in [0.1, 0.15) is 39.4 Å². The Morgan fingerprint density at radius 1 is 1.11 bits per heavy atom. The minimum absolute atomic E-state index is 0.0975. The summed E-state index contributed by atoms with van der Waals surface area (Å²) in [7, 11) is 1.29. The summed E-state index contributed by atoms with van der Waals surface area (Å²) in [5, 5.41) is 12.4. The topological polar surface area (TPSA) is 94.1 Å². The fourth-order valence-electron chi connectivity index (χ4n) is 4.07. The van der Waals surface area contributed by atoms with Crippen LogP contribution in [0.25, 0.3) is 0 Å². The van der Waals surface area contributed by atoms with Gasteiger partial charge >= 0.3 is 12.1 Å². The number of carboxylic acids is 1. The van der Waals surface area contributed by atoms with Crippen molar-refractivity contribution in [2.24, 2.45) is 0 Å². The van der Waals surface area contributed by atoms with Gasteiger partial charge in [-0.1, -0.05) is 17.7 Å². The number of nitrogens with one attached hydrogen (secondary N) is 1. The molecule has 0 radical (unpaired) electrons. The van der Waals surface area contributed by atoms with Crippen molar-refractivity contribution in [1.82, 2.24) is 5.32 Å². The number of alkyl halides is 3. The maximum atomic E-state index is 12.9. The fraction of sp³-hybridized carbons (Fsp3) is 0.259. The zero-order chi connectivity index (χ0) is 27.4. The SMILES string of the molecule is COc1cc(C(F)(F)F)ccc1CCNC(=O)c1ccc(Oc2cc3c(cc2Cl)[C@H](C(=O)O)CCO3)cc1. The van der Waals surface area contributed by atoms with Crippen molar-refractivity contribution in [3.63, 3.8) is 0 Å². The van der Waals surface area contributed by atoms with Gasteiger partial charge < -0.3 is 24.6 Å². The highest BCUT2D eigenvalue weighted by atomic mass is 35.5. The third-order valence-corrected chi connectivity index (χ3v) is 6.34. The Labute approximate surface area is 221 Å². The summed E-state index contributed by atoms with van der Waals surface area (Å²) in [5.74, 6) is -0.871. The van der Waals surface area contributed by atoms with Gasteiger partial charge in [-0.25, -0.2) is 0 Å². The summed E-state index contributed by atoms with van der Waals surface area (Å²) in [6.07, 6.45) is -3.85.